The number of amides is 2. The van der Waals surface area contributed by atoms with E-state index in [-0.39, 0.29) is 17.6 Å². The smallest absolute Gasteiger partial charge is 0.279 e. The Kier molecular flexibility index (Phi) is 9.19. The number of hydrogen-bond donors (Lipinski definition) is 1. The number of rotatable bonds is 10. The van der Waals surface area contributed by atoms with Gasteiger partial charge in [0.2, 0.25) is 11.7 Å². The van der Waals surface area contributed by atoms with Gasteiger partial charge in [-0.05, 0) is 54.8 Å². The summed E-state index contributed by atoms with van der Waals surface area (Å²) in [6.45, 7) is 0. The fraction of sp³-hybridized carbons (Fsp3) is 0.379. The molecular formula is C29H34N4O6. The quantitative estimate of drug-likeness (QED) is 0.409. The first kappa shape index (κ1) is 27.7. The van der Waals surface area contributed by atoms with E-state index < -0.39 is 11.9 Å². The van der Waals surface area contributed by atoms with Gasteiger partial charge in [0.1, 0.15) is 17.5 Å². The summed E-state index contributed by atoms with van der Waals surface area (Å²) in [6, 6.07) is 9.22. The zero-order chi connectivity index (χ0) is 27.8. The highest BCUT2D eigenvalue weighted by atomic mass is 16.5. The van der Waals surface area contributed by atoms with Crippen LogP contribution in [-0.4, -0.2) is 56.3 Å². The Balaban J connectivity index is 1.90. The lowest BCUT2D eigenvalue weighted by Gasteiger charge is -2.33. The molecule has 206 valence electrons. The van der Waals surface area contributed by atoms with Crippen LogP contribution in [0.5, 0.6) is 23.0 Å². The van der Waals surface area contributed by atoms with Gasteiger partial charge in [-0.3, -0.25) is 19.5 Å². The minimum absolute atomic E-state index is 0.0140. The molecule has 0 unspecified atom stereocenters. The molecule has 2 amide bonds. The monoisotopic (exact) mass is 534 g/mol. The third kappa shape index (κ3) is 6.22. The highest BCUT2D eigenvalue weighted by Crippen LogP contribution is 2.42. The van der Waals surface area contributed by atoms with Crippen LogP contribution < -0.4 is 29.2 Å². The van der Waals surface area contributed by atoms with E-state index in [9.17, 15) is 9.59 Å². The number of ether oxygens (including phenoxy) is 4. The molecule has 1 aromatic heterocycles. The zero-order valence-corrected chi connectivity index (χ0v) is 22.7. The minimum Gasteiger partial charge on any atom is -0.497 e. The largest absolute Gasteiger partial charge is 0.497 e. The highest BCUT2D eigenvalue weighted by Gasteiger charge is 2.36. The Morgan fingerprint density at radius 3 is 2.10 bits per heavy atom. The Morgan fingerprint density at radius 1 is 0.897 bits per heavy atom. The van der Waals surface area contributed by atoms with Gasteiger partial charge in [0.25, 0.3) is 5.91 Å². The fourth-order valence-electron chi connectivity index (χ4n) is 4.86. The lowest BCUT2D eigenvalue weighted by molar-refractivity contribution is -0.123. The molecule has 2 aromatic carbocycles. The third-order valence-electron chi connectivity index (χ3n) is 6.81. The molecule has 10 heteroatoms. The standard InChI is InChI=1S/C29H34N4O6/c1-36-22-12-10-21(11-13-22)33(29(35)23-18-30-14-15-31-23)26(28(34)32-20-8-6-5-7-9-20)19-16-24(37-2)27(39-4)25(17-19)38-3/h10-18,20,26H,5-9H2,1-4H3,(H,32,34)/t26-/m1/s1. The number of carbonyl (C=O) groups is 2. The van der Waals surface area contributed by atoms with Crippen molar-refractivity contribution in [3.05, 3.63) is 66.2 Å². The lowest BCUT2D eigenvalue weighted by atomic mass is 9.94. The number of nitrogens with one attached hydrogen (secondary N) is 1. The predicted molar refractivity (Wildman–Crippen MR) is 146 cm³/mol. The minimum atomic E-state index is -1.09. The molecule has 1 aliphatic rings. The normalized spacial score (nSPS) is 14.2. The molecule has 3 aromatic rings. The van der Waals surface area contributed by atoms with Gasteiger partial charge in [0.15, 0.2) is 11.5 Å². The number of anilines is 1. The molecule has 0 spiro atoms. The number of benzene rings is 2. The Hall–Kier alpha value is -4.34. The van der Waals surface area contributed by atoms with Crippen LogP contribution in [0.3, 0.4) is 0 Å². The van der Waals surface area contributed by atoms with E-state index in [1.54, 1.807) is 43.5 Å². The zero-order valence-electron chi connectivity index (χ0n) is 22.7. The first-order valence-electron chi connectivity index (χ1n) is 12.8. The summed E-state index contributed by atoms with van der Waals surface area (Å²) in [4.78, 5) is 37.9. The number of hydrogen-bond acceptors (Lipinski definition) is 8. The first-order chi connectivity index (χ1) is 19.0. The molecule has 1 N–H and O–H groups in total. The number of methoxy groups -OCH3 is 4. The average molecular weight is 535 g/mol. The van der Waals surface area contributed by atoms with E-state index in [1.807, 2.05) is 0 Å². The molecule has 1 atom stereocenters. The molecule has 39 heavy (non-hydrogen) atoms. The second kappa shape index (κ2) is 12.9. The lowest BCUT2D eigenvalue weighted by Crippen LogP contribution is -2.47. The Labute approximate surface area is 228 Å². The van der Waals surface area contributed by atoms with Crippen molar-refractivity contribution in [2.75, 3.05) is 33.3 Å². The summed E-state index contributed by atoms with van der Waals surface area (Å²) in [6.07, 6.45) is 9.30. The van der Waals surface area contributed by atoms with Gasteiger partial charge in [-0.1, -0.05) is 19.3 Å². The Morgan fingerprint density at radius 2 is 1.56 bits per heavy atom. The molecule has 1 saturated carbocycles. The van der Waals surface area contributed by atoms with Crippen LogP contribution in [0.25, 0.3) is 0 Å². The van der Waals surface area contributed by atoms with Crippen molar-refractivity contribution < 1.29 is 28.5 Å². The summed E-state index contributed by atoms with van der Waals surface area (Å²) in [5, 5.41) is 3.19. The molecule has 0 aliphatic heterocycles. The molecule has 1 aliphatic carbocycles. The van der Waals surface area contributed by atoms with E-state index in [4.69, 9.17) is 18.9 Å². The second-order valence-corrected chi connectivity index (χ2v) is 9.17. The molecule has 10 nitrogen and oxygen atoms in total. The summed E-state index contributed by atoms with van der Waals surface area (Å²) < 4.78 is 22.0. The van der Waals surface area contributed by atoms with Crippen LogP contribution in [0, 0.1) is 0 Å². The molecule has 0 bridgehead atoms. The van der Waals surface area contributed by atoms with Gasteiger partial charge < -0.3 is 24.3 Å². The molecule has 1 heterocycles. The van der Waals surface area contributed by atoms with Gasteiger partial charge in [-0.25, -0.2) is 4.98 Å². The average Bonchev–Trinajstić information content (AvgIpc) is 2.99. The van der Waals surface area contributed by atoms with E-state index >= 15 is 0 Å². The maximum atomic E-state index is 14.2. The van der Waals surface area contributed by atoms with Gasteiger partial charge in [-0.15, -0.1) is 0 Å². The van der Waals surface area contributed by atoms with Crippen molar-refractivity contribution >= 4 is 17.5 Å². The summed E-state index contributed by atoms with van der Waals surface area (Å²) in [5.41, 5.74) is 1.05. The summed E-state index contributed by atoms with van der Waals surface area (Å²) in [7, 11) is 6.08. The Bertz CT molecular complexity index is 1240. The molecule has 1 fully saturated rings. The van der Waals surface area contributed by atoms with Crippen molar-refractivity contribution in [1.82, 2.24) is 15.3 Å². The van der Waals surface area contributed by atoms with Gasteiger partial charge in [0.05, 0.1) is 34.6 Å². The van der Waals surface area contributed by atoms with E-state index in [1.165, 1.54) is 44.8 Å². The van der Waals surface area contributed by atoms with Crippen LogP contribution in [0.2, 0.25) is 0 Å². The summed E-state index contributed by atoms with van der Waals surface area (Å²) in [5.74, 6) is 0.899. The van der Waals surface area contributed by atoms with Gasteiger partial charge in [-0.2, -0.15) is 0 Å². The van der Waals surface area contributed by atoms with E-state index in [0.29, 0.717) is 34.2 Å². The van der Waals surface area contributed by atoms with Crippen molar-refractivity contribution in [2.24, 2.45) is 0 Å². The van der Waals surface area contributed by atoms with E-state index in [0.717, 1.165) is 32.1 Å². The van der Waals surface area contributed by atoms with Gasteiger partial charge in [0, 0.05) is 24.1 Å². The van der Waals surface area contributed by atoms with Crippen molar-refractivity contribution in [3.63, 3.8) is 0 Å². The van der Waals surface area contributed by atoms with Crippen molar-refractivity contribution in [1.29, 1.82) is 0 Å². The van der Waals surface area contributed by atoms with Crippen LogP contribution in [0.1, 0.15) is 54.2 Å². The molecule has 0 radical (unpaired) electrons. The third-order valence-corrected chi connectivity index (χ3v) is 6.81. The number of nitrogens with zero attached hydrogens (tertiary/aromatic N) is 3. The molecule has 4 rings (SSSR count). The second-order valence-electron chi connectivity index (χ2n) is 9.17. The highest BCUT2D eigenvalue weighted by molar-refractivity contribution is 6.09. The maximum Gasteiger partial charge on any atom is 0.279 e. The molecule has 0 saturated heterocycles. The van der Waals surface area contributed by atoms with Crippen LogP contribution >= 0.6 is 0 Å². The number of aromatic nitrogens is 2. The van der Waals surface area contributed by atoms with Crippen LogP contribution in [0.15, 0.2) is 55.0 Å². The SMILES string of the molecule is COc1ccc(N(C(=O)c2cnccn2)[C@@H](C(=O)NC2CCCCC2)c2cc(OC)c(OC)c(OC)c2)cc1. The predicted octanol–water partition coefficient (Wildman–Crippen LogP) is 4.35. The summed E-state index contributed by atoms with van der Waals surface area (Å²) >= 11 is 0. The van der Waals surface area contributed by atoms with Crippen molar-refractivity contribution in [3.8, 4) is 23.0 Å². The van der Waals surface area contributed by atoms with Gasteiger partial charge >= 0.3 is 0 Å². The molecular weight excluding hydrogens is 500 g/mol. The van der Waals surface area contributed by atoms with E-state index in [2.05, 4.69) is 15.3 Å². The number of carbonyl (C=O) groups excluding carboxylic acids is 2. The maximum absolute atomic E-state index is 14.2. The fourth-order valence-corrected chi connectivity index (χ4v) is 4.86. The topological polar surface area (TPSA) is 112 Å². The van der Waals surface area contributed by atoms with Crippen LogP contribution in [-0.2, 0) is 4.79 Å². The first-order valence-corrected chi connectivity index (χ1v) is 12.8. The van der Waals surface area contributed by atoms with Crippen molar-refractivity contribution in [2.45, 2.75) is 44.2 Å². The van der Waals surface area contributed by atoms with Crippen LogP contribution in [0.4, 0.5) is 5.69 Å².